The molecular weight excluding hydrogens is 450 g/mol. The second kappa shape index (κ2) is 11.4. The molecule has 1 radical (unpaired) electrons. The number of nitrogens with one attached hydrogen (secondary N) is 1. The van der Waals surface area contributed by atoms with E-state index in [0.29, 0.717) is 28.9 Å². The molecule has 0 unspecified atom stereocenters. The van der Waals surface area contributed by atoms with Gasteiger partial charge < -0.3 is 25.5 Å². The molecule has 0 aliphatic heterocycles. The number of hydrogen-bond donors (Lipinski definition) is 3. The molecule has 3 rings (SSSR count). The number of nitrogens with two attached hydrogens (primary N) is 1. The number of phenolic OH excluding ortho intramolecular Hbond substituents is 1. The minimum atomic E-state index is -0.519. The van der Waals surface area contributed by atoms with Gasteiger partial charge in [0.15, 0.2) is 0 Å². The molecule has 3 aromatic rings. The van der Waals surface area contributed by atoms with Gasteiger partial charge in [-0.2, -0.15) is 0 Å². The standard InChI is InChI=1S/C20H21FN2O3.CH5N.Y/c1-22-17-6-4-5-12(19(17)21)9-15-16(11-23(2)3)14-8-7-13(24)10-18(14)26-20(15)25;1-2;/h4-8,10,22,24H,9,11H2,1-3H3;2H2,1H3;. The van der Waals surface area contributed by atoms with Crippen LogP contribution in [0, 0.1) is 5.82 Å². The fraction of sp³-hybridized carbons (Fsp3) is 0.286. The number of aromatic hydroxyl groups is 1. The summed E-state index contributed by atoms with van der Waals surface area (Å²) in [5, 5.41) is 13.2. The first-order valence-corrected chi connectivity index (χ1v) is 8.86. The van der Waals surface area contributed by atoms with Crippen LogP contribution in [0.1, 0.15) is 16.7 Å². The number of anilines is 1. The van der Waals surface area contributed by atoms with Gasteiger partial charge in [-0.05, 0) is 50.5 Å². The Labute approximate surface area is 194 Å². The van der Waals surface area contributed by atoms with E-state index in [1.165, 1.54) is 13.1 Å². The van der Waals surface area contributed by atoms with E-state index in [-0.39, 0.29) is 50.7 Å². The molecule has 1 heterocycles. The molecule has 4 N–H and O–H groups in total. The van der Waals surface area contributed by atoms with Crippen molar-refractivity contribution in [3.63, 3.8) is 0 Å². The van der Waals surface area contributed by atoms with Crippen LogP contribution in [0.3, 0.4) is 0 Å². The van der Waals surface area contributed by atoms with Crippen LogP contribution < -0.4 is 16.7 Å². The largest absolute Gasteiger partial charge is 0.508 e. The summed E-state index contributed by atoms with van der Waals surface area (Å²) in [5.41, 5.74) is 6.29. The average molecular weight is 476 g/mol. The molecule has 0 bridgehead atoms. The Kier molecular flexibility index (Phi) is 9.93. The molecule has 0 aliphatic rings. The van der Waals surface area contributed by atoms with Gasteiger partial charge in [-0.3, -0.25) is 0 Å². The third-order valence-corrected chi connectivity index (χ3v) is 4.29. The molecule has 6 nitrogen and oxygen atoms in total. The van der Waals surface area contributed by atoms with E-state index in [9.17, 15) is 14.3 Å². The predicted octanol–water partition coefficient (Wildman–Crippen LogP) is 2.90. The van der Waals surface area contributed by atoms with Gasteiger partial charge >= 0.3 is 5.63 Å². The zero-order chi connectivity index (χ0) is 20.8. The number of benzene rings is 2. The zero-order valence-electron chi connectivity index (χ0n) is 17.1. The fourth-order valence-electron chi connectivity index (χ4n) is 3.07. The summed E-state index contributed by atoms with van der Waals surface area (Å²) < 4.78 is 20.0. The van der Waals surface area contributed by atoms with Crippen LogP contribution in [0.4, 0.5) is 10.1 Å². The van der Waals surface area contributed by atoms with Crippen molar-refractivity contribution in [1.29, 1.82) is 0 Å². The van der Waals surface area contributed by atoms with E-state index < -0.39 is 5.63 Å². The summed E-state index contributed by atoms with van der Waals surface area (Å²) in [4.78, 5) is 14.5. The van der Waals surface area contributed by atoms with E-state index in [2.05, 4.69) is 11.1 Å². The summed E-state index contributed by atoms with van der Waals surface area (Å²) in [6, 6.07) is 9.74. The van der Waals surface area contributed by atoms with E-state index in [0.717, 1.165) is 10.9 Å². The van der Waals surface area contributed by atoms with Gasteiger partial charge in [0, 0.05) is 69.7 Å². The summed E-state index contributed by atoms with van der Waals surface area (Å²) in [5.74, 6) is -0.354. The van der Waals surface area contributed by atoms with Crippen molar-refractivity contribution in [2.24, 2.45) is 5.73 Å². The Bertz CT molecular complexity index is 1020. The molecule has 8 heteroatoms. The third-order valence-electron chi connectivity index (χ3n) is 4.29. The number of hydrogen-bond acceptors (Lipinski definition) is 6. The molecule has 153 valence electrons. The first kappa shape index (κ1) is 25.2. The van der Waals surface area contributed by atoms with Crippen LogP contribution in [0.5, 0.6) is 5.75 Å². The zero-order valence-corrected chi connectivity index (χ0v) is 20.0. The van der Waals surface area contributed by atoms with Crippen molar-refractivity contribution < 1.29 is 46.6 Å². The number of nitrogens with zero attached hydrogens (tertiary/aromatic N) is 1. The van der Waals surface area contributed by atoms with Crippen molar-refractivity contribution in [3.05, 3.63) is 69.3 Å². The predicted molar refractivity (Wildman–Crippen MR) is 110 cm³/mol. The van der Waals surface area contributed by atoms with E-state index >= 15 is 0 Å². The van der Waals surface area contributed by atoms with Crippen LogP contribution >= 0.6 is 0 Å². The SMILES string of the molecule is CN.CNc1cccc(Cc2c(CN(C)C)c3ccc(O)cc3oc2=O)c1F.[Y]. The number of phenols is 1. The van der Waals surface area contributed by atoms with Crippen LogP contribution in [0.15, 0.2) is 45.6 Å². The maximum atomic E-state index is 14.6. The Morgan fingerprint density at radius 2 is 1.86 bits per heavy atom. The van der Waals surface area contributed by atoms with Crippen molar-refractivity contribution in [3.8, 4) is 5.75 Å². The first-order chi connectivity index (χ1) is 13.4. The summed E-state index contributed by atoms with van der Waals surface area (Å²) in [6.07, 6.45) is 0.129. The molecule has 0 saturated carbocycles. The van der Waals surface area contributed by atoms with Gasteiger partial charge in [-0.1, -0.05) is 12.1 Å². The van der Waals surface area contributed by atoms with E-state index in [4.69, 9.17) is 4.42 Å². The van der Waals surface area contributed by atoms with Gasteiger partial charge in [0.05, 0.1) is 5.69 Å². The molecule has 0 saturated heterocycles. The Morgan fingerprint density at radius 3 is 2.48 bits per heavy atom. The van der Waals surface area contributed by atoms with Crippen molar-refractivity contribution >= 4 is 16.7 Å². The maximum Gasteiger partial charge on any atom is 0.340 e. The minimum Gasteiger partial charge on any atom is -0.508 e. The summed E-state index contributed by atoms with van der Waals surface area (Å²) in [7, 11) is 6.94. The van der Waals surface area contributed by atoms with Crippen molar-refractivity contribution in [1.82, 2.24) is 4.90 Å². The molecular formula is C21H26FN3O3Y. The number of rotatable bonds is 5. The van der Waals surface area contributed by atoms with Crippen LogP contribution in [0.25, 0.3) is 11.0 Å². The van der Waals surface area contributed by atoms with Crippen molar-refractivity contribution in [2.45, 2.75) is 13.0 Å². The van der Waals surface area contributed by atoms with Crippen molar-refractivity contribution in [2.75, 3.05) is 33.5 Å². The summed E-state index contributed by atoms with van der Waals surface area (Å²) in [6.45, 7) is 0.496. The monoisotopic (exact) mass is 476 g/mol. The minimum absolute atomic E-state index is 0. The summed E-state index contributed by atoms with van der Waals surface area (Å²) >= 11 is 0. The molecule has 1 aromatic heterocycles. The number of fused-ring (bicyclic) bond motifs is 1. The maximum absolute atomic E-state index is 14.6. The Hall–Kier alpha value is -1.80. The van der Waals surface area contributed by atoms with Crippen LogP contribution in [-0.4, -0.2) is 38.2 Å². The van der Waals surface area contributed by atoms with Gasteiger partial charge in [-0.25, -0.2) is 9.18 Å². The molecule has 0 spiro atoms. The normalized spacial score (nSPS) is 10.3. The second-order valence-electron chi connectivity index (χ2n) is 6.47. The van der Waals surface area contributed by atoms with Gasteiger partial charge in [0.1, 0.15) is 17.1 Å². The number of halogens is 1. The quantitative estimate of drug-likeness (QED) is 0.491. The first-order valence-electron chi connectivity index (χ1n) is 8.86. The van der Waals surface area contributed by atoms with Gasteiger partial charge in [0.2, 0.25) is 0 Å². The van der Waals surface area contributed by atoms with E-state index in [1.807, 2.05) is 19.0 Å². The molecule has 0 fully saturated rings. The average Bonchev–Trinajstić information content (AvgIpc) is 2.66. The molecule has 2 aromatic carbocycles. The Morgan fingerprint density at radius 1 is 1.17 bits per heavy atom. The topological polar surface area (TPSA) is 91.7 Å². The van der Waals surface area contributed by atoms with Gasteiger partial charge in [0.25, 0.3) is 0 Å². The molecule has 0 aliphatic carbocycles. The molecule has 29 heavy (non-hydrogen) atoms. The smallest absolute Gasteiger partial charge is 0.340 e. The molecule has 0 amide bonds. The van der Waals surface area contributed by atoms with Crippen LogP contribution in [0.2, 0.25) is 0 Å². The van der Waals surface area contributed by atoms with Gasteiger partial charge in [-0.15, -0.1) is 0 Å². The Balaban J connectivity index is 0.00000136. The van der Waals surface area contributed by atoms with E-state index in [1.54, 1.807) is 37.4 Å². The second-order valence-corrected chi connectivity index (χ2v) is 6.47. The third kappa shape index (κ3) is 5.86. The fourth-order valence-corrected chi connectivity index (χ4v) is 3.07. The van der Waals surface area contributed by atoms with Crippen LogP contribution in [-0.2, 0) is 45.7 Å². The molecule has 0 atom stereocenters.